The molecule has 0 aromatic carbocycles. The van der Waals surface area contributed by atoms with E-state index in [1.54, 1.807) is 0 Å². The highest BCUT2D eigenvalue weighted by atomic mass is 16.2. The molecule has 7 heteroatoms. The lowest BCUT2D eigenvalue weighted by Crippen LogP contribution is -2.57. The number of rotatable bonds is 6. The Hall–Kier alpha value is -2.31. The van der Waals surface area contributed by atoms with Crippen LogP contribution in [0.1, 0.15) is 84.1 Å². The van der Waals surface area contributed by atoms with Crippen LogP contribution >= 0.6 is 0 Å². The van der Waals surface area contributed by atoms with E-state index in [0.29, 0.717) is 0 Å². The van der Waals surface area contributed by atoms with Gasteiger partial charge in [0.25, 0.3) is 5.91 Å². The van der Waals surface area contributed by atoms with Gasteiger partial charge >= 0.3 is 0 Å². The van der Waals surface area contributed by atoms with Crippen molar-refractivity contribution in [2.75, 3.05) is 0 Å². The van der Waals surface area contributed by atoms with Gasteiger partial charge in [0.1, 0.15) is 11.7 Å². The van der Waals surface area contributed by atoms with Crippen molar-refractivity contribution in [2.45, 2.75) is 85.7 Å². The lowest BCUT2D eigenvalue weighted by atomic mass is 9.81. The number of ketones is 1. The molecule has 0 spiro atoms. The summed E-state index contributed by atoms with van der Waals surface area (Å²) in [6, 6.07) is -1.30. The van der Waals surface area contributed by atoms with Gasteiger partial charge in [0.2, 0.25) is 5.91 Å². The summed E-state index contributed by atoms with van der Waals surface area (Å²) in [6.45, 7) is 11.2. The zero-order valence-electron chi connectivity index (χ0n) is 18.6. The van der Waals surface area contributed by atoms with Crippen molar-refractivity contribution in [3.63, 3.8) is 0 Å². The van der Waals surface area contributed by atoms with Gasteiger partial charge in [-0.2, -0.15) is 0 Å². The van der Waals surface area contributed by atoms with E-state index < -0.39 is 23.4 Å². The molecule has 1 aliphatic carbocycles. The monoisotopic (exact) mass is 404 g/mol. The van der Waals surface area contributed by atoms with Crippen molar-refractivity contribution in [2.24, 2.45) is 11.3 Å². The minimum atomic E-state index is -0.691. The van der Waals surface area contributed by atoms with Gasteiger partial charge < -0.3 is 10.6 Å². The zero-order valence-corrected chi connectivity index (χ0v) is 18.6. The minimum Gasteiger partial charge on any atom is -0.344 e. The molecule has 162 valence electrons. The second-order valence-electron chi connectivity index (χ2n) is 8.36. The molecule has 2 atom stereocenters. The normalized spacial score (nSPS) is 16.6. The van der Waals surface area contributed by atoms with Crippen LogP contribution in [-0.2, 0) is 9.59 Å². The van der Waals surface area contributed by atoms with Crippen molar-refractivity contribution < 1.29 is 14.4 Å². The SMILES string of the molecule is CC.CC(=O)C(NC(=O)C(NC(=O)c1cnccn1)C1CCCCC1)C(C)(C)C. The first-order chi connectivity index (χ1) is 13.7. The molecular weight excluding hydrogens is 368 g/mol. The van der Waals surface area contributed by atoms with Crippen molar-refractivity contribution in [1.82, 2.24) is 20.6 Å². The summed E-state index contributed by atoms with van der Waals surface area (Å²) in [7, 11) is 0. The quantitative estimate of drug-likeness (QED) is 0.757. The second-order valence-corrected chi connectivity index (χ2v) is 8.36. The van der Waals surface area contributed by atoms with Gasteiger partial charge in [-0.3, -0.25) is 19.4 Å². The van der Waals surface area contributed by atoms with Gasteiger partial charge in [-0.05, 0) is 31.1 Å². The van der Waals surface area contributed by atoms with Gasteiger partial charge in [-0.15, -0.1) is 0 Å². The largest absolute Gasteiger partial charge is 0.344 e. The molecule has 0 radical (unpaired) electrons. The number of carbonyl (C=O) groups is 3. The fourth-order valence-electron chi connectivity index (χ4n) is 3.66. The number of nitrogens with zero attached hydrogens (tertiary/aromatic N) is 2. The van der Waals surface area contributed by atoms with Gasteiger partial charge in [-0.1, -0.05) is 53.9 Å². The van der Waals surface area contributed by atoms with Crippen molar-refractivity contribution in [1.29, 1.82) is 0 Å². The molecule has 2 unspecified atom stereocenters. The van der Waals surface area contributed by atoms with Crippen LogP contribution in [0.4, 0.5) is 0 Å². The van der Waals surface area contributed by atoms with Gasteiger partial charge in [0.15, 0.2) is 5.78 Å². The maximum absolute atomic E-state index is 13.1. The number of carbonyl (C=O) groups excluding carboxylic acids is 3. The van der Waals surface area contributed by atoms with E-state index in [0.717, 1.165) is 32.1 Å². The molecular formula is C22H36N4O3. The Morgan fingerprint density at radius 1 is 1.03 bits per heavy atom. The average Bonchev–Trinajstić information content (AvgIpc) is 2.71. The summed E-state index contributed by atoms with van der Waals surface area (Å²) in [4.78, 5) is 45.6. The molecule has 2 rings (SSSR count). The molecule has 1 aliphatic rings. The number of amides is 2. The Bertz CT molecular complexity index is 664. The number of Topliss-reactive ketones (excluding diaryl/α,β-unsaturated/α-hetero) is 1. The first kappa shape index (κ1) is 24.7. The lowest BCUT2D eigenvalue weighted by Gasteiger charge is -2.34. The second kappa shape index (κ2) is 11.6. The molecule has 1 aromatic heterocycles. The summed E-state index contributed by atoms with van der Waals surface area (Å²) >= 11 is 0. The lowest BCUT2D eigenvalue weighted by molar-refractivity contribution is -0.131. The van der Waals surface area contributed by atoms with Crippen LogP contribution in [0.15, 0.2) is 18.6 Å². The first-order valence-electron chi connectivity index (χ1n) is 10.6. The third-order valence-electron chi connectivity index (χ3n) is 5.05. The first-order valence-corrected chi connectivity index (χ1v) is 10.6. The topological polar surface area (TPSA) is 101 Å². The summed E-state index contributed by atoms with van der Waals surface area (Å²) in [5.41, 5.74) is -0.238. The predicted molar refractivity (Wildman–Crippen MR) is 113 cm³/mol. The molecule has 1 heterocycles. The number of hydrogen-bond donors (Lipinski definition) is 2. The molecule has 29 heavy (non-hydrogen) atoms. The van der Waals surface area contributed by atoms with Gasteiger partial charge in [0, 0.05) is 12.4 Å². The smallest absolute Gasteiger partial charge is 0.272 e. The van der Waals surface area contributed by atoms with Gasteiger partial charge in [-0.25, -0.2) is 4.98 Å². The van der Waals surface area contributed by atoms with E-state index in [9.17, 15) is 14.4 Å². The standard InChI is InChI=1S/C20H30N4O3.C2H6/c1-13(25)17(20(2,3)4)24-19(27)16(14-8-6-5-7-9-14)23-18(26)15-12-21-10-11-22-15;1-2/h10-12,14,16-17H,5-9H2,1-4H3,(H,23,26)(H,24,27);1-2H3. The average molecular weight is 405 g/mol. The summed E-state index contributed by atoms with van der Waals surface area (Å²) in [6.07, 6.45) is 9.26. The summed E-state index contributed by atoms with van der Waals surface area (Å²) < 4.78 is 0. The number of aromatic nitrogens is 2. The van der Waals surface area contributed by atoms with Crippen LogP contribution in [-0.4, -0.2) is 39.6 Å². The molecule has 0 saturated heterocycles. The van der Waals surface area contributed by atoms with E-state index in [4.69, 9.17) is 0 Å². The van der Waals surface area contributed by atoms with E-state index in [1.807, 2.05) is 34.6 Å². The summed E-state index contributed by atoms with van der Waals surface area (Å²) in [5, 5.41) is 5.71. The van der Waals surface area contributed by atoms with Crippen molar-refractivity contribution >= 4 is 17.6 Å². The van der Waals surface area contributed by atoms with E-state index in [1.165, 1.54) is 25.5 Å². The zero-order chi connectivity index (χ0) is 22.0. The van der Waals surface area contributed by atoms with Crippen LogP contribution in [0.2, 0.25) is 0 Å². The van der Waals surface area contributed by atoms with Crippen LogP contribution < -0.4 is 10.6 Å². The predicted octanol–water partition coefficient (Wildman–Crippen LogP) is 3.30. The van der Waals surface area contributed by atoms with Crippen LogP contribution in [0.25, 0.3) is 0 Å². The molecule has 2 N–H and O–H groups in total. The molecule has 2 amide bonds. The van der Waals surface area contributed by atoms with E-state index in [2.05, 4.69) is 20.6 Å². The van der Waals surface area contributed by atoms with Gasteiger partial charge in [0.05, 0.1) is 12.2 Å². The molecule has 0 aliphatic heterocycles. The highest BCUT2D eigenvalue weighted by Crippen LogP contribution is 2.27. The Morgan fingerprint density at radius 2 is 1.66 bits per heavy atom. The molecule has 1 fully saturated rings. The van der Waals surface area contributed by atoms with Crippen LogP contribution in [0, 0.1) is 11.3 Å². The number of nitrogens with one attached hydrogen (secondary N) is 2. The van der Waals surface area contributed by atoms with Crippen molar-refractivity contribution in [3.05, 3.63) is 24.3 Å². The fraction of sp³-hybridized carbons (Fsp3) is 0.682. The Morgan fingerprint density at radius 3 is 2.14 bits per heavy atom. The third-order valence-corrected chi connectivity index (χ3v) is 5.05. The van der Waals surface area contributed by atoms with Crippen LogP contribution in [0.5, 0.6) is 0 Å². The molecule has 1 aromatic rings. The van der Waals surface area contributed by atoms with Crippen molar-refractivity contribution in [3.8, 4) is 0 Å². The highest BCUT2D eigenvalue weighted by Gasteiger charge is 2.36. The maximum atomic E-state index is 13.1. The van der Waals surface area contributed by atoms with Crippen LogP contribution in [0.3, 0.4) is 0 Å². The Labute approximate surface area is 174 Å². The fourth-order valence-corrected chi connectivity index (χ4v) is 3.66. The summed E-state index contributed by atoms with van der Waals surface area (Å²) in [5.74, 6) is -0.788. The number of hydrogen-bond acceptors (Lipinski definition) is 5. The molecule has 7 nitrogen and oxygen atoms in total. The van der Waals surface area contributed by atoms with E-state index in [-0.39, 0.29) is 23.3 Å². The minimum absolute atomic E-state index is 0.0481. The van der Waals surface area contributed by atoms with E-state index >= 15 is 0 Å². The highest BCUT2D eigenvalue weighted by molar-refractivity contribution is 5.97. The Balaban J connectivity index is 0.00000204. The Kier molecular flexibility index (Phi) is 9.92. The third kappa shape index (κ3) is 7.55. The molecule has 0 bridgehead atoms. The molecule has 1 saturated carbocycles. The maximum Gasteiger partial charge on any atom is 0.272 e.